The van der Waals surface area contributed by atoms with Crippen LogP contribution in [0.1, 0.15) is 37.9 Å². The van der Waals surface area contributed by atoms with Gasteiger partial charge in [-0.15, -0.1) is 0 Å². The molecule has 3 aromatic rings. The van der Waals surface area contributed by atoms with Gasteiger partial charge in [-0.2, -0.15) is 0 Å². The average Bonchev–Trinajstić information content (AvgIpc) is 3.07. The lowest BCUT2D eigenvalue weighted by Gasteiger charge is -2.25. The number of methoxy groups -OCH3 is 1. The topological polar surface area (TPSA) is 69.9 Å². The van der Waals surface area contributed by atoms with Crippen LogP contribution < -0.4 is 19.6 Å². The van der Waals surface area contributed by atoms with Crippen molar-refractivity contribution < 1.29 is 14.3 Å². The molecule has 1 aliphatic heterocycles. The summed E-state index contributed by atoms with van der Waals surface area (Å²) in [5.74, 6) is 0.190. The third-order valence-electron chi connectivity index (χ3n) is 5.16. The smallest absolute Gasteiger partial charge is 0.338 e. The second-order valence-electron chi connectivity index (χ2n) is 7.86. The Morgan fingerprint density at radius 3 is 2.58 bits per heavy atom. The van der Waals surface area contributed by atoms with E-state index in [1.165, 1.54) is 11.3 Å². The number of hydrogen-bond acceptors (Lipinski definition) is 6. The standard InChI is InChI=1S/C25H23ClN2O4S/c1-14(2)32-24(30)21-15(3)27-25-28(22(21)17-8-10-19(31-4)11-9-17)23(29)20(33-25)13-16-6-5-7-18(26)12-16/h5-14,22H,1-4H3/b20-13+/t22-/m0/s1. The maximum atomic E-state index is 13.6. The summed E-state index contributed by atoms with van der Waals surface area (Å²) < 4.78 is 12.8. The number of ether oxygens (including phenoxy) is 2. The van der Waals surface area contributed by atoms with Crippen LogP contribution in [0, 0.1) is 0 Å². The summed E-state index contributed by atoms with van der Waals surface area (Å²) >= 11 is 7.38. The Morgan fingerprint density at radius 1 is 1.21 bits per heavy atom. The van der Waals surface area contributed by atoms with E-state index in [1.807, 2.05) is 24.3 Å². The van der Waals surface area contributed by atoms with Crippen molar-refractivity contribution in [2.45, 2.75) is 32.9 Å². The molecule has 2 heterocycles. The van der Waals surface area contributed by atoms with E-state index < -0.39 is 12.0 Å². The van der Waals surface area contributed by atoms with E-state index >= 15 is 0 Å². The molecule has 0 spiro atoms. The van der Waals surface area contributed by atoms with Gasteiger partial charge in [-0.3, -0.25) is 9.36 Å². The Balaban J connectivity index is 1.94. The first-order chi connectivity index (χ1) is 15.8. The van der Waals surface area contributed by atoms with Crippen LogP contribution in [0.4, 0.5) is 0 Å². The lowest BCUT2D eigenvalue weighted by atomic mass is 9.96. The van der Waals surface area contributed by atoms with Crippen molar-refractivity contribution in [3.8, 4) is 5.75 Å². The summed E-state index contributed by atoms with van der Waals surface area (Å²) in [6.07, 6.45) is 1.48. The molecule has 0 aliphatic carbocycles. The maximum absolute atomic E-state index is 13.6. The molecule has 1 aliphatic rings. The van der Waals surface area contributed by atoms with Crippen molar-refractivity contribution >= 4 is 35.0 Å². The number of carbonyl (C=O) groups excluding carboxylic acids is 1. The van der Waals surface area contributed by atoms with Crippen LogP contribution >= 0.6 is 22.9 Å². The number of esters is 1. The van der Waals surface area contributed by atoms with E-state index in [2.05, 4.69) is 4.99 Å². The van der Waals surface area contributed by atoms with Gasteiger partial charge in [0.05, 0.1) is 35.1 Å². The Hall–Kier alpha value is -3.16. The molecule has 1 aromatic heterocycles. The van der Waals surface area contributed by atoms with E-state index in [0.29, 0.717) is 31.4 Å². The first-order valence-electron chi connectivity index (χ1n) is 10.4. The van der Waals surface area contributed by atoms with Gasteiger partial charge in [0.2, 0.25) is 0 Å². The Labute approximate surface area is 200 Å². The summed E-state index contributed by atoms with van der Waals surface area (Å²) in [5, 5.41) is 0.585. The normalized spacial score (nSPS) is 15.9. The molecule has 1 atom stereocenters. The molecule has 0 bridgehead atoms. The van der Waals surface area contributed by atoms with Crippen LogP contribution in [0.3, 0.4) is 0 Å². The van der Waals surface area contributed by atoms with E-state index in [9.17, 15) is 9.59 Å². The summed E-state index contributed by atoms with van der Waals surface area (Å²) in [6.45, 7) is 5.34. The molecule has 6 nitrogen and oxygen atoms in total. The van der Waals surface area contributed by atoms with Crippen molar-refractivity contribution in [2.75, 3.05) is 7.11 Å². The van der Waals surface area contributed by atoms with Crippen LogP contribution in [-0.2, 0) is 9.53 Å². The van der Waals surface area contributed by atoms with Crippen molar-refractivity contribution in [1.29, 1.82) is 0 Å². The van der Waals surface area contributed by atoms with Gasteiger partial charge in [0, 0.05) is 5.02 Å². The van der Waals surface area contributed by atoms with E-state index in [-0.39, 0.29) is 11.7 Å². The van der Waals surface area contributed by atoms with Crippen LogP contribution in [0.5, 0.6) is 5.75 Å². The van der Waals surface area contributed by atoms with Crippen LogP contribution in [0.2, 0.25) is 5.02 Å². The zero-order chi connectivity index (χ0) is 23.7. The molecule has 0 saturated heterocycles. The fraction of sp³-hybridized carbons (Fsp3) is 0.240. The zero-order valence-corrected chi connectivity index (χ0v) is 20.2. The largest absolute Gasteiger partial charge is 0.497 e. The van der Waals surface area contributed by atoms with Crippen LogP contribution in [0.25, 0.3) is 6.08 Å². The Kier molecular flexibility index (Phi) is 6.54. The van der Waals surface area contributed by atoms with Crippen LogP contribution in [0.15, 0.2) is 69.6 Å². The Morgan fingerprint density at radius 2 is 1.94 bits per heavy atom. The minimum atomic E-state index is -0.667. The molecule has 0 radical (unpaired) electrons. The van der Waals surface area contributed by atoms with Gasteiger partial charge in [0.1, 0.15) is 5.75 Å². The molecule has 33 heavy (non-hydrogen) atoms. The maximum Gasteiger partial charge on any atom is 0.338 e. The predicted octanol–water partition coefficient (Wildman–Crippen LogP) is 3.85. The molecule has 170 valence electrons. The van der Waals surface area contributed by atoms with Gasteiger partial charge in [-0.25, -0.2) is 9.79 Å². The van der Waals surface area contributed by atoms with Crippen molar-refractivity contribution in [3.05, 3.63) is 95.6 Å². The number of halogens is 1. The third-order valence-corrected chi connectivity index (χ3v) is 6.38. The SMILES string of the molecule is COc1ccc([C@H]2C(C(=O)OC(C)C)=C(C)N=c3s/c(=C/c4cccc(Cl)c4)c(=O)n32)cc1. The molecule has 8 heteroatoms. The van der Waals surface area contributed by atoms with E-state index in [1.54, 1.807) is 62.8 Å². The second kappa shape index (κ2) is 9.37. The van der Waals surface area contributed by atoms with Gasteiger partial charge >= 0.3 is 5.97 Å². The highest BCUT2D eigenvalue weighted by molar-refractivity contribution is 7.07. The summed E-state index contributed by atoms with van der Waals surface area (Å²) in [6, 6.07) is 13.9. The molecular weight excluding hydrogens is 460 g/mol. The number of carbonyl (C=O) groups is 1. The molecular formula is C25H23ClN2O4S. The quantitative estimate of drug-likeness (QED) is 0.518. The molecule has 0 unspecified atom stereocenters. The van der Waals surface area contributed by atoms with Gasteiger partial charge in [0.15, 0.2) is 4.80 Å². The average molecular weight is 483 g/mol. The molecule has 0 fully saturated rings. The van der Waals surface area contributed by atoms with Gasteiger partial charge in [-0.1, -0.05) is 47.2 Å². The molecule has 0 amide bonds. The molecule has 2 aromatic carbocycles. The van der Waals surface area contributed by atoms with Gasteiger partial charge in [0.25, 0.3) is 5.56 Å². The number of benzene rings is 2. The number of nitrogens with zero attached hydrogens (tertiary/aromatic N) is 2. The van der Waals surface area contributed by atoms with E-state index in [0.717, 1.165) is 11.1 Å². The van der Waals surface area contributed by atoms with Gasteiger partial charge in [-0.05, 0) is 62.2 Å². The lowest BCUT2D eigenvalue weighted by molar-refractivity contribution is -0.143. The molecule has 0 saturated carbocycles. The number of hydrogen-bond donors (Lipinski definition) is 0. The van der Waals surface area contributed by atoms with E-state index in [4.69, 9.17) is 21.1 Å². The highest BCUT2D eigenvalue weighted by Crippen LogP contribution is 2.31. The van der Waals surface area contributed by atoms with Gasteiger partial charge < -0.3 is 9.47 Å². The second-order valence-corrected chi connectivity index (χ2v) is 9.31. The fourth-order valence-corrected chi connectivity index (χ4v) is 4.95. The zero-order valence-electron chi connectivity index (χ0n) is 18.7. The fourth-order valence-electron chi connectivity index (χ4n) is 3.71. The van der Waals surface area contributed by atoms with Crippen LogP contribution in [-0.4, -0.2) is 23.8 Å². The number of allylic oxidation sites excluding steroid dienone is 1. The highest BCUT2D eigenvalue weighted by atomic mass is 35.5. The van der Waals surface area contributed by atoms with Crippen molar-refractivity contribution in [2.24, 2.45) is 4.99 Å². The summed E-state index contributed by atoms with van der Waals surface area (Å²) in [7, 11) is 1.59. The number of fused-ring (bicyclic) bond motifs is 1. The highest BCUT2D eigenvalue weighted by Gasteiger charge is 2.33. The first-order valence-corrected chi connectivity index (χ1v) is 11.6. The minimum absolute atomic E-state index is 0.234. The lowest BCUT2D eigenvalue weighted by Crippen LogP contribution is -2.40. The van der Waals surface area contributed by atoms with Crippen molar-refractivity contribution in [1.82, 2.24) is 4.57 Å². The number of aromatic nitrogens is 1. The molecule has 0 N–H and O–H groups in total. The monoisotopic (exact) mass is 482 g/mol. The minimum Gasteiger partial charge on any atom is -0.497 e. The predicted molar refractivity (Wildman–Crippen MR) is 129 cm³/mol. The third kappa shape index (κ3) is 4.65. The Bertz CT molecular complexity index is 1420. The number of thiazole rings is 1. The molecule has 4 rings (SSSR count). The number of rotatable bonds is 5. The van der Waals surface area contributed by atoms with Crippen molar-refractivity contribution in [3.63, 3.8) is 0 Å². The summed E-state index contributed by atoms with van der Waals surface area (Å²) in [4.78, 5) is 31.8. The summed E-state index contributed by atoms with van der Waals surface area (Å²) in [5.41, 5.74) is 2.20. The first kappa shape index (κ1) is 23.0.